The molecule has 4 heteroatoms. The maximum absolute atomic E-state index is 14.0. The molecule has 1 aromatic rings. The highest BCUT2D eigenvalue weighted by atomic mass is 19.1. The van der Waals surface area contributed by atoms with Crippen molar-refractivity contribution in [2.45, 2.75) is 32.7 Å². The zero-order valence-electron chi connectivity index (χ0n) is 12.5. The van der Waals surface area contributed by atoms with Gasteiger partial charge in [0.15, 0.2) is 0 Å². The van der Waals surface area contributed by atoms with Crippen molar-refractivity contribution in [3.8, 4) is 5.75 Å². The molecule has 1 atom stereocenters. The maximum Gasteiger partial charge on any atom is 0.131 e. The number of hydrogen-bond donors (Lipinski definition) is 1. The van der Waals surface area contributed by atoms with Gasteiger partial charge in [-0.3, -0.25) is 0 Å². The molecule has 0 spiro atoms. The first-order valence-corrected chi connectivity index (χ1v) is 7.19. The maximum atomic E-state index is 14.0. The Hall–Kier alpha value is -1.13. The van der Waals surface area contributed by atoms with Crippen molar-refractivity contribution in [2.24, 2.45) is 5.41 Å². The number of methoxy groups -OCH3 is 1. The van der Waals surface area contributed by atoms with E-state index in [0.29, 0.717) is 11.3 Å². The third kappa shape index (κ3) is 3.49. The van der Waals surface area contributed by atoms with Gasteiger partial charge in [-0.25, -0.2) is 4.39 Å². The molecule has 1 N–H and O–H groups in total. The molecular formula is C16H24FNO2. The van der Waals surface area contributed by atoms with Gasteiger partial charge in [-0.05, 0) is 37.3 Å². The van der Waals surface area contributed by atoms with Gasteiger partial charge in [0.1, 0.15) is 11.6 Å². The van der Waals surface area contributed by atoms with E-state index in [1.807, 2.05) is 6.92 Å². The Bertz CT molecular complexity index is 444. The number of nitrogens with one attached hydrogen (secondary N) is 1. The SMILES string of the molecule is COc1cccc(F)c1C(C)NCC1(C)CCOCC1. The van der Waals surface area contributed by atoms with Crippen LogP contribution in [0.25, 0.3) is 0 Å². The number of benzene rings is 1. The van der Waals surface area contributed by atoms with Gasteiger partial charge in [-0.1, -0.05) is 13.0 Å². The van der Waals surface area contributed by atoms with Gasteiger partial charge in [-0.2, -0.15) is 0 Å². The molecule has 1 aromatic carbocycles. The van der Waals surface area contributed by atoms with Gasteiger partial charge in [0.05, 0.1) is 7.11 Å². The fourth-order valence-electron chi connectivity index (χ4n) is 2.66. The van der Waals surface area contributed by atoms with Crippen LogP contribution in [0.15, 0.2) is 18.2 Å². The van der Waals surface area contributed by atoms with Crippen molar-refractivity contribution in [3.05, 3.63) is 29.6 Å². The lowest BCUT2D eigenvalue weighted by Gasteiger charge is -2.35. The molecule has 0 aromatic heterocycles. The highest BCUT2D eigenvalue weighted by Crippen LogP contribution is 2.31. The Morgan fingerprint density at radius 1 is 1.40 bits per heavy atom. The summed E-state index contributed by atoms with van der Waals surface area (Å²) < 4.78 is 24.7. The van der Waals surface area contributed by atoms with Gasteiger partial charge in [0.2, 0.25) is 0 Å². The average Bonchev–Trinajstić information content (AvgIpc) is 2.45. The summed E-state index contributed by atoms with van der Waals surface area (Å²) >= 11 is 0. The molecule has 1 aliphatic heterocycles. The molecule has 112 valence electrons. The predicted molar refractivity (Wildman–Crippen MR) is 77.5 cm³/mol. The van der Waals surface area contributed by atoms with E-state index in [-0.39, 0.29) is 17.3 Å². The van der Waals surface area contributed by atoms with Crippen molar-refractivity contribution < 1.29 is 13.9 Å². The second-order valence-electron chi connectivity index (χ2n) is 5.88. The van der Waals surface area contributed by atoms with Crippen molar-refractivity contribution >= 4 is 0 Å². The highest BCUT2D eigenvalue weighted by molar-refractivity contribution is 5.36. The molecule has 3 nitrogen and oxygen atoms in total. The summed E-state index contributed by atoms with van der Waals surface area (Å²) in [6, 6.07) is 4.87. The summed E-state index contributed by atoms with van der Waals surface area (Å²) in [5.74, 6) is 0.378. The second kappa shape index (κ2) is 6.55. The number of rotatable bonds is 5. The van der Waals surface area contributed by atoms with Gasteiger partial charge >= 0.3 is 0 Å². The van der Waals surface area contributed by atoms with Gasteiger partial charge in [-0.15, -0.1) is 0 Å². The molecule has 0 radical (unpaired) electrons. The van der Waals surface area contributed by atoms with Crippen LogP contribution in [0.1, 0.15) is 38.3 Å². The van der Waals surface area contributed by atoms with Gasteiger partial charge in [0, 0.05) is 31.4 Å². The zero-order chi connectivity index (χ0) is 14.6. The lowest BCUT2D eigenvalue weighted by atomic mass is 9.82. The molecule has 1 fully saturated rings. The smallest absolute Gasteiger partial charge is 0.131 e. The Labute approximate surface area is 120 Å². The third-order valence-electron chi connectivity index (χ3n) is 4.20. The molecule has 1 saturated heterocycles. The van der Waals surface area contributed by atoms with Gasteiger partial charge in [0.25, 0.3) is 0 Å². The molecule has 2 rings (SSSR count). The summed E-state index contributed by atoms with van der Waals surface area (Å²) in [4.78, 5) is 0. The van der Waals surface area contributed by atoms with E-state index < -0.39 is 0 Å². The first kappa shape index (κ1) is 15.3. The Morgan fingerprint density at radius 2 is 2.10 bits per heavy atom. The van der Waals surface area contributed by atoms with Crippen molar-refractivity contribution in [3.63, 3.8) is 0 Å². The van der Waals surface area contributed by atoms with Gasteiger partial charge < -0.3 is 14.8 Å². The highest BCUT2D eigenvalue weighted by Gasteiger charge is 2.28. The number of hydrogen-bond acceptors (Lipinski definition) is 3. The van der Waals surface area contributed by atoms with Crippen molar-refractivity contribution in [1.82, 2.24) is 5.32 Å². The minimum absolute atomic E-state index is 0.0779. The fourth-order valence-corrected chi connectivity index (χ4v) is 2.66. The second-order valence-corrected chi connectivity index (χ2v) is 5.88. The average molecular weight is 281 g/mol. The van der Waals surface area contributed by atoms with E-state index in [0.717, 1.165) is 32.6 Å². The molecule has 20 heavy (non-hydrogen) atoms. The van der Waals surface area contributed by atoms with Crippen LogP contribution in [0.4, 0.5) is 4.39 Å². The van der Waals surface area contributed by atoms with Crippen LogP contribution in [0, 0.1) is 11.2 Å². The Kier molecular flexibility index (Phi) is 5.00. The summed E-state index contributed by atoms with van der Waals surface area (Å²) in [6.07, 6.45) is 2.09. The first-order chi connectivity index (χ1) is 9.56. The zero-order valence-corrected chi connectivity index (χ0v) is 12.5. The van der Waals surface area contributed by atoms with E-state index >= 15 is 0 Å². The monoisotopic (exact) mass is 281 g/mol. The lowest BCUT2D eigenvalue weighted by Crippen LogP contribution is -2.38. The van der Waals surface area contributed by atoms with E-state index in [1.165, 1.54) is 6.07 Å². The molecule has 1 heterocycles. The van der Waals surface area contributed by atoms with Crippen LogP contribution in [-0.4, -0.2) is 26.9 Å². The summed E-state index contributed by atoms with van der Waals surface area (Å²) in [5.41, 5.74) is 0.830. The van der Waals surface area contributed by atoms with Crippen LogP contribution < -0.4 is 10.1 Å². The molecule has 0 bridgehead atoms. The molecular weight excluding hydrogens is 257 g/mol. The third-order valence-corrected chi connectivity index (χ3v) is 4.20. The summed E-state index contributed by atoms with van der Waals surface area (Å²) in [6.45, 7) is 6.72. The molecule has 1 aliphatic rings. The van der Waals surface area contributed by atoms with E-state index in [9.17, 15) is 4.39 Å². The van der Waals surface area contributed by atoms with Crippen LogP contribution in [-0.2, 0) is 4.74 Å². The largest absolute Gasteiger partial charge is 0.496 e. The Balaban J connectivity index is 2.03. The van der Waals surface area contributed by atoms with E-state index in [1.54, 1.807) is 19.2 Å². The molecule has 1 unspecified atom stereocenters. The standard InChI is InChI=1S/C16H24FNO2/c1-12(15-13(17)5-4-6-14(15)19-3)18-11-16(2)7-9-20-10-8-16/h4-6,12,18H,7-11H2,1-3H3. The predicted octanol–water partition coefficient (Wildman–Crippen LogP) is 3.30. The number of ether oxygens (including phenoxy) is 2. The fraction of sp³-hybridized carbons (Fsp3) is 0.625. The van der Waals surface area contributed by atoms with Crippen LogP contribution in [0.3, 0.4) is 0 Å². The normalized spacial score (nSPS) is 19.6. The minimum Gasteiger partial charge on any atom is -0.496 e. The summed E-state index contributed by atoms with van der Waals surface area (Å²) in [7, 11) is 1.57. The first-order valence-electron chi connectivity index (χ1n) is 7.19. The van der Waals surface area contributed by atoms with Crippen molar-refractivity contribution in [2.75, 3.05) is 26.9 Å². The minimum atomic E-state index is -0.221. The topological polar surface area (TPSA) is 30.5 Å². The van der Waals surface area contributed by atoms with Crippen molar-refractivity contribution in [1.29, 1.82) is 0 Å². The van der Waals surface area contributed by atoms with Crippen LogP contribution in [0.2, 0.25) is 0 Å². The van der Waals surface area contributed by atoms with E-state index in [2.05, 4.69) is 12.2 Å². The van der Waals surface area contributed by atoms with E-state index in [4.69, 9.17) is 9.47 Å². The summed E-state index contributed by atoms with van der Waals surface area (Å²) in [5, 5.41) is 3.45. The van der Waals surface area contributed by atoms with Crippen LogP contribution in [0.5, 0.6) is 5.75 Å². The molecule has 0 aliphatic carbocycles. The molecule has 0 amide bonds. The quantitative estimate of drug-likeness (QED) is 0.898. The van der Waals surface area contributed by atoms with Crippen LogP contribution >= 0.6 is 0 Å². The number of halogens is 1. The molecule has 0 saturated carbocycles. The lowest BCUT2D eigenvalue weighted by molar-refractivity contribution is 0.0230. The Morgan fingerprint density at radius 3 is 2.75 bits per heavy atom.